The van der Waals surface area contributed by atoms with Gasteiger partial charge < -0.3 is 14.8 Å². The molecule has 1 atom stereocenters. The highest BCUT2D eigenvalue weighted by atomic mass is 16.5. The molecule has 0 bridgehead atoms. The van der Waals surface area contributed by atoms with Crippen molar-refractivity contribution in [3.8, 4) is 5.75 Å². The van der Waals surface area contributed by atoms with Crippen LogP contribution >= 0.6 is 0 Å². The minimum atomic E-state index is -0.123. The molecule has 0 radical (unpaired) electrons. The van der Waals surface area contributed by atoms with Crippen LogP contribution in [0, 0.1) is 5.92 Å². The first-order chi connectivity index (χ1) is 16.0. The zero-order chi connectivity index (χ0) is 23.4. The number of nitrogens with one attached hydrogen (secondary N) is 1. The molecule has 0 amide bonds. The summed E-state index contributed by atoms with van der Waals surface area (Å²) in [5, 5.41) is 23.3. The summed E-state index contributed by atoms with van der Waals surface area (Å²) in [5.74, 6) is 1.77. The Kier molecular flexibility index (Phi) is 7.39. The summed E-state index contributed by atoms with van der Waals surface area (Å²) in [4.78, 5) is 18.2. The van der Waals surface area contributed by atoms with E-state index in [0.717, 1.165) is 29.6 Å². The lowest BCUT2D eigenvalue weighted by atomic mass is 9.99. The molecule has 33 heavy (non-hydrogen) atoms. The van der Waals surface area contributed by atoms with Gasteiger partial charge in [0.2, 0.25) is 0 Å². The number of tetrazole rings is 1. The van der Waals surface area contributed by atoms with Gasteiger partial charge in [-0.05, 0) is 59.2 Å². The number of fused-ring (bicyclic) bond motifs is 1. The smallest absolute Gasteiger partial charge is 0.252 e. The summed E-state index contributed by atoms with van der Waals surface area (Å²) in [6.07, 6.45) is 5.18. The lowest BCUT2D eigenvalue weighted by Gasteiger charge is -2.34. The van der Waals surface area contributed by atoms with Crippen LogP contribution in [-0.2, 0) is 6.54 Å². The molecule has 3 aromatic rings. The summed E-state index contributed by atoms with van der Waals surface area (Å²) < 4.78 is 7.28. The molecular weight excluding hydrogens is 420 g/mol. The Morgan fingerprint density at radius 2 is 2.06 bits per heavy atom. The Labute approximate surface area is 193 Å². The van der Waals surface area contributed by atoms with E-state index in [1.165, 1.54) is 12.8 Å². The fourth-order valence-corrected chi connectivity index (χ4v) is 4.97. The largest absolute Gasteiger partial charge is 0.497 e. The van der Waals surface area contributed by atoms with Gasteiger partial charge in [0, 0.05) is 31.3 Å². The first kappa shape index (κ1) is 23.4. The van der Waals surface area contributed by atoms with Crippen molar-refractivity contribution in [1.82, 2.24) is 30.1 Å². The van der Waals surface area contributed by atoms with E-state index in [0.29, 0.717) is 36.9 Å². The van der Waals surface area contributed by atoms with Crippen LogP contribution in [0.25, 0.3) is 10.9 Å². The number of hydrogen-bond donors (Lipinski definition) is 2. The molecule has 2 heterocycles. The fourth-order valence-electron chi connectivity index (χ4n) is 4.97. The van der Waals surface area contributed by atoms with Crippen molar-refractivity contribution in [2.45, 2.75) is 64.6 Å². The van der Waals surface area contributed by atoms with Gasteiger partial charge in [-0.25, -0.2) is 4.68 Å². The topological polar surface area (TPSA) is 109 Å². The molecule has 9 heteroatoms. The predicted molar refractivity (Wildman–Crippen MR) is 126 cm³/mol. The van der Waals surface area contributed by atoms with E-state index >= 15 is 0 Å². The van der Waals surface area contributed by atoms with Crippen molar-refractivity contribution in [2.24, 2.45) is 5.92 Å². The van der Waals surface area contributed by atoms with Crippen molar-refractivity contribution in [3.63, 3.8) is 0 Å². The Bertz CT molecular complexity index is 1120. The van der Waals surface area contributed by atoms with Crippen molar-refractivity contribution >= 4 is 10.9 Å². The number of aliphatic hydroxyl groups excluding tert-OH is 1. The monoisotopic (exact) mass is 454 g/mol. The van der Waals surface area contributed by atoms with Gasteiger partial charge in [-0.3, -0.25) is 9.69 Å². The number of methoxy groups -OCH3 is 1. The zero-order valence-electron chi connectivity index (χ0n) is 19.7. The van der Waals surface area contributed by atoms with Gasteiger partial charge in [0.25, 0.3) is 5.56 Å². The van der Waals surface area contributed by atoms with Crippen LogP contribution in [0.2, 0.25) is 0 Å². The Morgan fingerprint density at radius 1 is 1.27 bits per heavy atom. The van der Waals surface area contributed by atoms with Gasteiger partial charge in [0.15, 0.2) is 5.82 Å². The lowest BCUT2D eigenvalue weighted by molar-refractivity contribution is 0.120. The van der Waals surface area contributed by atoms with E-state index in [2.05, 4.69) is 39.3 Å². The number of aromatic nitrogens is 5. The third kappa shape index (κ3) is 5.09. The maximum Gasteiger partial charge on any atom is 0.252 e. The van der Waals surface area contributed by atoms with E-state index in [9.17, 15) is 9.90 Å². The van der Waals surface area contributed by atoms with Crippen LogP contribution in [0.4, 0.5) is 0 Å². The molecular formula is C24H34N6O3. The van der Waals surface area contributed by atoms with E-state index < -0.39 is 0 Å². The van der Waals surface area contributed by atoms with Crippen molar-refractivity contribution in [3.05, 3.63) is 46.0 Å². The molecule has 2 aromatic heterocycles. The molecule has 178 valence electrons. The number of ether oxygens (including phenoxy) is 1. The summed E-state index contributed by atoms with van der Waals surface area (Å²) in [7, 11) is 1.61. The van der Waals surface area contributed by atoms with E-state index in [-0.39, 0.29) is 24.1 Å². The second-order valence-electron chi connectivity index (χ2n) is 9.23. The first-order valence-corrected chi connectivity index (χ1v) is 11.8. The number of nitrogens with zero attached hydrogens (tertiary/aromatic N) is 5. The van der Waals surface area contributed by atoms with Gasteiger partial charge >= 0.3 is 0 Å². The summed E-state index contributed by atoms with van der Waals surface area (Å²) >= 11 is 0. The molecule has 1 aliphatic carbocycles. The van der Waals surface area contributed by atoms with Crippen molar-refractivity contribution in [2.75, 3.05) is 20.3 Å². The molecule has 0 spiro atoms. The number of aliphatic hydroxyl groups is 1. The molecule has 1 aliphatic rings. The standard InChI is InChI=1S/C24H34N6O3/c1-16(2)22(23-26-27-28-30(23)19-7-4-5-8-19)29(11-6-12-31)15-18-13-17-9-10-20(33-3)14-21(17)25-24(18)32/h9-10,13-14,16,19,22,31H,4-8,11-12,15H2,1-3H3,(H,25,32)/t22-/m0/s1. The Balaban J connectivity index is 1.69. The quantitative estimate of drug-likeness (QED) is 0.484. The van der Waals surface area contributed by atoms with E-state index in [4.69, 9.17) is 4.74 Å². The predicted octanol–water partition coefficient (Wildman–Crippen LogP) is 3.22. The van der Waals surface area contributed by atoms with Crippen LogP contribution in [0.5, 0.6) is 5.75 Å². The highest BCUT2D eigenvalue weighted by molar-refractivity contribution is 5.80. The number of H-pyrrole nitrogens is 1. The zero-order valence-corrected chi connectivity index (χ0v) is 19.7. The minimum absolute atomic E-state index is 0.0712. The number of benzene rings is 1. The fraction of sp³-hybridized carbons (Fsp3) is 0.583. The van der Waals surface area contributed by atoms with Crippen molar-refractivity contribution < 1.29 is 9.84 Å². The maximum absolute atomic E-state index is 13.0. The van der Waals surface area contributed by atoms with Crippen LogP contribution in [-0.4, -0.2) is 55.5 Å². The summed E-state index contributed by atoms with van der Waals surface area (Å²) in [6.45, 7) is 5.47. The highest BCUT2D eigenvalue weighted by Crippen LogP contribution is 2.34. The molecule has 0 saturated heterocycles. The maximum atomic E-state index is 13.0. The molecule has 1 fully saturated rings. The van der Waals surface area contributed by atoms with Gasteiger partial charge in [-0.15, -0.1) is 5.10 Å². The molecule has 9 nitrogen and oxygen atoms in total. The molecule has 1 saturated carbocycles. The normalized spacial score (nSPS) is 15.7. The number of hydrogen-bond acceptors (Lipinski definition) is 7. The average molecular weight is 455 g/mol. The second kappa shape index (κ2) is 10.4. The number of rotatable bonds is 10. The van der Waals surface area contributed by atoms with Gasteiger partial charge in [-0.2, -0.15) is 0 Å². The summed E-state index contributed by atoms with van der Waals surface area (Å²) in [5.41, 5.74) is 1.30. The van der Waals surface area contributed by atoms with E-state index in [1.807, 2.05) is 28.9 Å². The molecule has 2 N–H and O–H groups in total. The SMILES string of the molecule is COc1ccc2cc(CN(CCCO)[C@H](c3nnnn3C3CCCC3)C(C)C)c(=O)[nH]c2c1. The molecule has 4 rings (SSSR count). The van der Waals surface area contributed by atoms with Crippen molar-refractivity contribution in [1.29, 1.82) is 0 Å². The van der Waals surface area contributed by atoms with Crippen LogP contribution in [0.1, 0.15) is 69.4 Å². The van der Waals surface area contributed by atoms with Gasteiger partial charge in [-0.1, -0.05) is 26.7 Å². The van der Waals surface area contributed by atoms with Crippen LogP contribution in [0.3, 0.4) is 0 Å². The van der Waals surface area contributed by atoms with Crippen LogP contribution < -0.4 is 10.3 Å². The van der Waals surface area contributed by atoms with Gasteiger partial charge in [0.1, 0.15) is 5.75 Å². The third-order valence-electron chi connectivity index (χ3n) is 6.59. The number of pyridine rings is 1. The van der Waals surface area contributed by atoms with E-state index in [1.54, 1.807) is 7.11 Å². The number of aromatic amines is 1. The highest BCUT2D eigenvalue weighted by Gasteiger charge is 2.32. The third-order valence-corrected chi connectivity index (χ3v) is 6.59. The lowest BCUT2D eigenvalue weighted by Crippen LogP contribution is -2.37. The summed E-state index contributed by atoms with van der Waals surface area (Å²) in [6, 6.07) is 7.87. The van der Waals surface area contributed by atoms with Crippen LogP contribution in [0.15, 0.2) is 29.1 Å². The second-order valence-corrected chi connectivity index (χ2v) is 9.23. The Hall–Kier alpha value is -2.78. The van der Waals surface area contributed by atoms with Gasteiger partial charge in [0.05, 0.1) is 24.7 Å². The first-order valence-electron chi connectivity index (χ1n) is 11.8. The molecule has 1 aromatic carbocycles. The Morgan fingerprint density at radius 3 is 2.76 bits per heavy atom. The minimum Gasteiger partial charge on any atom is -0.497 e. The average Bonchev–Trinajstić information content (AvgIpc) is 3.49. The molecule has 0 unspecified atom stereocenters. The molecule has 0 aliphatic heterocycles.